The summed E-state index contributed by atoms with van der Waals surface area (Å²) < 4.78 is 15.8. The van der Waals surface area contributed by atoms with Crippen molar-refractivity contribution in [3.63, 3.8) is 0 Å². The number of carbonyl (C=O) groups is 3. The smallest absolute Gasteiger partial charge is 0.262 e. The van der Waals surface area contributed by atoms with Crippen molar-refractivity contribution in [1.29, 1.82) is 0 Å². The number of halogens is 2. The highest BCUT2D eigenvalue weighted by molar-refractivity contribution is 6.43. The lowest BCUT2D eigenvalue weighted by Crippen LogP contribution is -2.40. The lowest BCUT2D eigenvalue weighted by molar-refractivity contribution is -0.121. The minimum absolute atomic E-state index is 0.0865. The lowest BCUT2D eigenvalue weighted by atomic mass is 10.1. The van der Waals surface area contributed by atoms with Crippen molar-refractivity contribution in [2.75, 3.05) is 27.9 Å². The minimum Gasteiger partial charge on any atom is -0.496 e. The Morgan fingerprint density at radius 2 is 1.37 bits per heavy atom. The highest BCUT2D eigenvalue weighted by Gasteiger charge is 2.37. The zero-order valence-electron chi connectivity index (χ0n) is 16.4. The molecule has 10 heteroatoms. The van der Waals surface area contributed by atoms with Crippen LogP contribution in [-0.4, -0.2) is 50.5 Å². The fourth-order valence-electron chi connectivity index (χ4n) is 3.05. The SMILES string of the molecule is COc1cc(OC)c(OC)cc1CNC(=O)CN1C(=O)c2cc(Cl)c(Cl)cc2C1=O. The largest absolute Gasteiger partial charge is 0.496 e. The summed E-state index contributed by atoms with van der Waals surface area (Å²) in [5.74, 6) is -0.305. The second-order valence-corrected chi connectivity index (χ2v) is 7.12. The van der Waals surface area contributed by atoms with Crippen LogP contribution in [0, 0.1) is 0 Å². The second-order valence-electron chi connectivity index (χ2n) is 6.30. The van der Waals surface area contributed by atoms with E-state index in [2.05, 4.69) is 5.32 Å². The zero-order valence-corrected chi connectivity index (χ0v) is 17.9. The molecule has 1 aliphatic heterocycles. The summed E-state index contributed by atoms with van der Waals surface area (Å²) in [5.41, 5.74) is 0.858. The molecular formula is C20H18Cl2N2O6. The first-order valence-electron chi connectivity index (χ1n) is 8.71. The molecule has 1 N–H and O–H groups in total. The van der Waals surface area contributed by atoms with Crippen molar-refractivity contribution in [3.8, 4) is 17.2 Å². The van der Waals surface area contributed by atoms with Crippen LogP contribution in [0.4, 0.5) is 0 Å². The van der Waals surface area contributed by atoms with Gasteiger partial charge in [0, 0.05) is 18.2 Å². The Hall–Kier alpha value is -2.97. The van der Waals surface area contributed by atoms with E-state index in [-0.39, 0.29) is 27.7 Å². The van der Waals surface area contributed by atoms with Crippen LogP contribution in [0.15, 0.2) is 24.3 Å². The molecule has 2 aromatic carbocycles. The first-order chi connectivity index (χ1) is 14.3. The molecule has 0 atom stereocenters. The van der Waals surface area contributed by atoms with Gasteiger partial charge in [0.1, 0.15) is 12.3 Å². The maximum absolute atomic E-state index is 12.5. The summed E-state index contributed by atoms with van der Waals surface area (Å²) in [4.78, 5) is 38.3. The maximum Gasteiger partial charge on any atom is 0.262 e. The Morgan fingerprint density at radius 3 is 1.87 bits per heavy atom. The van der Waals surface area contributed by atoms with Gasteiger partial charge in [-0.3, -0.25) is 19.3 Å². The molecule has 158 valence electrons. The van der Waals surface area contributed by atoms with E-state index < -0.39 is 24.3 Å². The predicted molar refractivity (Wildman–Crippen MR) is 110 cm³/mol. The van der Waals surface area contributed by atoms with E-state index in [1.54, 1.807) is 12.1 Å². The monoisotopic (exact) mass is 452 g/mol. The molecule has 0 saturated carbocycles. The molecule has 0 unspecified atom stereocenters. The van der Waals surface area contributed by atoms with Crippen LogP contribution in [-0.2, 0) is 11.3 Å². The van der Waals surface area contributed by atoms with Crippen molar-refractivity contribution in [2.45, 2.75) is 6.54 Å². The lowest BCUT2D eigenvalue weighted by Gasteiger charge is -2.16. The normalized spacial score (nSPS) is 12.6. The molecular weight excluding hydrogens is 435 g/mol. The fraction of sp³-hybridized carbons (Fsp3) is 0.250. The minimum atomic E-state index is -0.604. The van der Waals surface area contributed by atoms with Crippen molar-refractivity contribution in [3.05, 3.63) is 51.0 Å². The number of hydrogen-bond donors (Lipinski definition) is 1. The van der Waals surface area contributed by atoms with Gasteiger partial charge in [0.15, 0.2) is 11.5 Å². The number of amides is 3. The molecule has 0 saturated heterocycles. The Kier molecular flexibility index (Phi) is 6.38. The summed E-state index contributed by atoms with van der Waals surface area (Å²) in [6, 6.07) is 5.96. The second kappa shape index (κ2) is 8.81. The summed E-state index contributed by atoms with van der Waals surface area (Å²) in [7, 11) is 4.48. The highest BCUT2D eigenvalue weighted by atomic mass is 35.5. The van der Waals surface area contributed by atoms with Crippen LogP contribution in [0.3, 0.4) is 0 Å². The van der Waals surface area contributed by atoms with Gasteiger partial charge in [0.05, 0.1) is 42.5 Å². The average molecular weight is 453 g/mol. The molecule has 8 nitrogen and oxygen atoms in total. The van der Waals surface area contributed by atoms with E-state index in [1.165, 1.54) is 33.5 Å². The van der Waals surface area contributed by atoms with Gasteiger partial charge in [-0.15, -0.1) is 0 Å². The van der Waals surface area contributed by atoms with Crippen LogP contribution in [0.2, 0.25) is 10.0 Å². The molecule has 2 aromatic rings. The van der Waals surface area contributed by atoms with Crippen LogP contribution in [0.1, 0.15) is 26.3 Å². The predicted octanol–water partition coefficient (Wildman–Crippen LogP) is 2.93. The molecule has 0 fully saturated rings. The molecule has 1 aliphatic rings. The summed E-state index contributed by atoms with van der Waals surface area (Å²) in [6.07, 6.45) is 0. The summed E-state index contributed by atoms with van der Waals surface area (Å²) in [6.45, 7) is -0.361. The van der Waals surface area contributed by atoms with E-state index in [9.17, 15) is 14.4 Å². The molecule has 30 heavy (non-hydrogen) atoms. The molecule has 3 amide bonds. The van der Waals surface area contributed by atoms with Crippen molar-refractivity contribution < 1.29 is 28.6 Å². The third kappa shape index (κ3) is 4.01. The summed E-state index contributed by atoms with van der Waals surface area (Å²) >= 11 is 11.9. The number of benzene rings is 2. The average Bonchev–Trinajstić information content (AvgIpc) is 2.96. The number of nitrogens with zero attached hydrogens (tertiary/aromatic N) is 1. The first-order valence-corrected chi connectivity index (χ1v) is 9.47. The Labute approximate surface area is 182 Å². The van der Waals surface area contributed by atoms with Crippen molar-refractivity contribution >= 4 is 40.9 Å². The number of nitrogens with one attached hydrogen (secondary N) is 1. The van der Waals surface area contributed by atoms with E-state index in [4.69, 9.17) is 37.4 Å². The summed E-state index contributed by atoms with van der Waals surface area (Å²) in [5, 5.41) is 2.98. The van der Waals surface area contributed by atoms with Crippen molar-refractivity contribution in [1.82, 2.24) is 10.2 Å². The molecule has 1 heterocycles. The molecule has 0 radical (unpaired) electrons. The van der Waals surface area contributed by atoms with Gasteiger partial charge in [0.2, 0.25) is 5.91 Å². The van der Waals surface area contributed by atoms with Gasteiger partial charge in [-0.2, -0.15) is 0 Å². The number of rotatable bonds is 7. The van der Waals surface area contributed by atoms with Crippen LogP contribution in [0.25, 0.3) is 0 Å². The van der Waals surface area contributed by atoms with Crippen LogP contribution >= 0.6 is 23.2 Å². The number of ether oxygens (including phenoxy) is 3. The molecule has 0 spiro atoms. The van der Waals surface area contributed by atoms with E-state index in [0.29, 0.717) is 22.8 Å². The topological polar surface area (TPSA) is 94.2 Å². The van der Waals surface area contributed by atoms with E-state index in [1.807, 2.05) is 0 Å². The van der Waals surface area contributed by atoms with E-state index in [0.717, 1.165) is 4.90 Å². The van der Waals surface area contributed by atoms with Gasteiger partial charge >= 0.3 is 0 Å². The molecule has 3 rings (SSSR count). The van der Waals surface area contributed by atoms with Crippen LogP contribution < -0.4 is 19.5 Å². The fourth-order valence-corrected chi connectivity index (χ4v) is 3.38. The molecule has 0 aliphatic carbocycles. The number of hydrogen-bond acceptors (Lipinski definition) is 6. The van der Waals surface area contributed by atoms with Gasteiger partial charge in [-0.05, 0) is 18.2 Å². The number of carbonyl (C=O) groups excluding carboxylic acids is 3. The van der Waals surface area contributed by atoms with Gasteiger partial charge in [-0.25, -0.2) is 0 Å². The quantitative estimate of drug-likeness (QED) is 0.648. The zero-order chi connectivity index (χ0) is 22.0. The number of imide groups is 1. The van der Waals surface area contributed by atoms with Gasteiger partial charge < -0.3 is 19.5 Å². The molecule has 0 aromatic heterocycles. The van der Waals surface area contributed by atoms with Crippen molar-refractivity contribution in [2.24, 2.45) is 0 Å². The Bertz CT molecular complexity index is 999. The maximum atomic E-state index is 12.5. The third-order valence-corrected chi connectivity index (χ3v) is 5.30. The Balaban J connectivity index is 1.71. The third-order valence-electron chi connectivity index (χ3n) is 4.58. The van der Waals surface area contributed by atoms with E-state index >= 15 is 0 Å². The number of methoxy groups -OCH3 is 3. The molecule has 0 bridgehead atoms. The highest BCUT2D eigenvalue weighted by Crippen LogP contribution is 2.35. The van der Waals surface area contributed by atoms with Gasteiger partial charge in [-0.1, -0.05) is 23.2 Å². The standard InChI is InChI=1S/C20H18Cl2N2O6/c1-28-15-7-17(30-3)16(29-2)4-10(15)8-23-18(25)9-24-19(26)11-5-13(21)14(22)6-12(11)20(24)27/h4-7H,8-9H2,1-3H3,(H,23,25). The first kappa shape index (κ1) is 21.7. The van der Waals surface area contributed by atoms with Gasteiger partial charge in [0.25, 0.3) is 11.8 Å². The Morgan fingerprint density at radius 1 is 0.867 bits per heavy atom. The number of fused-ring (bicyclic) bond motifs is 1. The van der Waals surface area contributed by atoms with Crippen LogP contribution in [0.5, 0.6) is 17.2 Å².